The summed E-state index contributed by atoms with van der Waals surface area (Å²) in [6.45, 7) is 10.4. The quantitative estimate of drug-likeness (QED) is 0.146. The van der Waals surface area contributed by atoms with Crippen LogP contribution in [0.3, 0.4) is 0 Å². The molecule has 1 fully saturated rings. The van der Waals surface area contributed by atoms with Crippen molar-refractivity contribution in [1.29, 1.82) is 0 Å². The number of hydrogen-bond acceptors (Lipinski definition) is 9. The van der Waals surface area contributed by atoms with Gasteiger partial charge in [-0.25, -0.2) is 4.98 Å². The number of nitrogens with zero attached hydrogens (tertiary/aromatic N) is 3. The molecule has 0 unspecified atom stereocenters. The first-order chi connectivity index (χ1) is 26.8. The lowest BCUT2D eigenvalue weighted by molar-refractivity contribution is -0.150. The second-order valence-electron chi connectivity index (χ2n) is 15.7. The molecular weight excluding hydrogens is 731 g/mol. The van der Waals surface area contributed by atoms with Crippen LogP contribution in [0.1, 0.15) is 117 Å². The molecule has 3 aromatic rings. The highest BCUT2D eigenvalue weighted by atomic mass is 32.1. The SMILES string of the molecule is CC[C@H](C)[C@H](NC(=O)[C@H]1CCCCN1C)C(=O)N(Cc1ccccc1)[C@H](C[C@@H](OC(C)=O)c1nc(C(=O)N[C@H]2Cc3ccccc3[C@H](C(=O)O)C2)cs1)C(C)C. The van der Waals surface area contributed by atoms with Gasteiger partial charge in [0.1, 0.15) is 16.7 Å². The molecule has 3 amide bonds. The van der Waals surface area contributed by atoms with Crippen LogP contribution in [0.15, 0.2) is 60.0 Å². The van der Waals surface area contributed by atoms with Gasteiger partial charge in [0.05, 0.1) is 12.0 Å². The van der Waals surface area contributed by atoms with Crippen LogP contribution in [0.5, 0.6) is 0 Å². The van der Waals surface area contributed by atoms with Crippen molar-refractivity contribution in [3.8, 4) is 0 Å². The van der Waals surface area contributed by atoms with Crippen LogP contribution in [0.2, 0.25) is 0 Å². The Hall–Kier alpha value is -4.62. The number of carboxylic acid groups (broad SMARTS) is 1. The third kappa shape index (κ3) is 10.6. The summed E-state index contributed by atoms with van der Waals surface area (Å²) in [5.41, 5.74) is 2.70. The summed E-state index contributed by atoms with van der Waals surface area (Å²) >= 11 is 1.19. The first kappa shape index (κ1) is 42.5. The Kier molecular flexibility index (Phi) is 14.8. The van der Waals surface area contributed by atoms with Crippen molar-refractivity contribution >= 4 is 41.0 Å². The number of piperidine rings is 1. The lowest BCUT2D eigenvalue weighted by Gasteiger charge is -2.40. The number of fused-ring (bicyclic) bond motifs is 1. The van der Waals surface area contributed by atoms with Gasteiger partial charge in [-0.15, -0.1) is 11.3 Å². The van der Waals surface area contributed by atoms with Gasteiger partial charge in [0.2, 0.25) is 11.8 Å². The molecule has 0 saturated carbocycles. The predicted molar refractivity (Wildman–Crippen MR) is 215 cm³/mol. The van der Waals surface area contributed by atoms with Gasteiger partial charge in [-0.3, -0.25) is 28.9 Å². The Morgan fingerprint density at radius 2 is 1.75 bits per heavy atom. The molecule has 7 atom stereocenters. The number of likely N-dealkylation sites (N-methyl/N-ethyl adjacent to an activating group) is 1. The summed E-state index contributed by atoms with van der Waals surface area (Å²) in [4.78, 5) is 75.5. The van der Waals surface area contributed by atoms with E-state index in [2.05, 4.69) is 20.5 Å². The third-order valence-corrected chi connectivity index (χ3v) is 12.3. The standard InChI is InChI=1S/C43H57N5O7S/c1-7-27(4)38(46-40(51)35-19-13-14-20-47(35)6)42(52)48(24-29-15-9-8-10-16-29)36(26(2)3)23-37(55-28(5)49)41-45-34(25-56-41)39(50)44-31-21-30-17-11-12-18-32(30)33(22-31)43(53)54/h8-12,15-18,25-27,31,33,35-38H,7,13-14,19-24H2,1-6H3,(H,44,50)(H,46,51)(H,53,54)/t27-,31-,33+,35+,36+,37+,38-/m0/s1. The van der Waals surface area contributed by atoms with Crippen LogP contribution in [-0.2, 0) is 36.9 Å². The normalized spacial score (nSPS) is 20.5. The highest BCUT2D eigenvalue weighted by Gasteiger charge is 2.39. The summed E-state index contributed by atoms with van der Waals surface area (Å²) < 4.78 is 5.90. The fourth-order valence-electron chi connectivity index (χ4n) is 8.00. The van der Waals surface area contributed by atoms with Crippen LogP contribution in [-0.4, -0.2) is 87.3 Å². The van der Waals surface area contributed by atoms with Crippen LogP contribution >= 0.6 is 11.3 Å². The number of carbonyl (C=O) groups excluding carboxylic acids is 4. The number of rotatable bonds is 16. The molecule has 3 N–H and O–H groups in total. The van der Waals surface area contributed by atoms with E-state index in [4.69, 9.17) is 4.74 Å². The first-order valence-electron chi connectivity index (χ1n) is 19.9. The van der Waals surface area contributed by atoms with E-state index < -0.39 is 48.0 Å². The maximum absolute atomic E-state index is 14.9. The summed E-state index contributed by atoms with van der Waals surface area (Å²) in [5.74, 6) is -3.25. The zero-order valence-corrected chi connectivity index (χ0v) is 34.2. The molecule has 56 heavy (non-hydrogen) atoms. The molecule has 1 saturated heterocycles. The molecule has 2 aromatic carbocycles. The van der Waals surface area contributed by atoms with E-state index in [9.17, 15) is 29.1 Å². The molecule has 13 heteroatoms. The average molecular weight is 788 g/mol. The predicted octanol–water partition coefficient (Wildman–Crippen LogP) is 6.12. The van der Waals surface area contributed by atoms with E-state index in [-0.39, 0.29) is 54.8 Å². The lowest BCUT2D eigenvalue weighted by Crippen LogP contribution is -2.58. The van der Waals surface area contributed by atoms with E-state index in [0.717, 1.165) is 42.5 Å². The lowest BCUT2D eigenvalue weighted by atomic mass is 9.80. The largest absolute Gasteiger partial charge is 0.481 e. The number of amides is 3. The zero-order chi connectivity index (χ0) is 40.5. The molecule has 302 valence electrons. The first-order valence-corrected chi connectivity index (χ1v) is 20.7. The zero-order valence-electron chi connectivity index (χ0n) is 33.4. The number of esters is 1. The number of aliphatic carboxylic acids is 1. The number of nitrogens with one attached hydrogen (secondary N) is 2. The molecule has 2 heterocycles. The Balaban J connectivity index is 1.41. The van der Waals surface area contributed by atoms with Gasteiger partial charge < -0.3 is 25.4 Å². The van der Waals surface area contributed by atoms with E-state index >= 15 is 0 Å². The van der Waals surface area contributed by atoms with Crippen molar-refractivity contribution in [2.45, 2.75) is 122 Å². The molecule has 12 nitrogen and oxygen atoms in total. The van der Waals surface area contributed by atoms with Crippen LogP contribution in [0.25, 0.3) is 0 Å². The maximum atomic E-state index is 14.9. The fourth-order valence-corrected chi connectivity index (χ4v) is 8.84. The Bertz CT molecular complexity index is 1830. The van der Waals surface area contributed by atoms with Crippen LogP contribution in [0, 0.1) is 11.8 Å². The van der Waals surface area contributed by atoms with Gasteiger partial charge in [0.25, 0.3) is 5.91 Å². The summed E-state index contributed by atoms with van der Waals surface area (Å²) in [5, 5.41) is 18.1. The highest BCUT2D eigenvalue weighted by Crippen LogP contribution is 2.34. The molecule has 1 aliphatic carbocycles. The second-order valence-corrected chi connectivity index (χ2v) is 16.6. The number of ether oxygens (including phenoxy) is 1. The van der Waals surface area contributed by atoms with Gasteiger partial charge in [0.15, 0.2) is 6.10 Å². The Morgan fingerprint density at radius 3 is 2.41 bits per heavy atom. The minimum Gasteiger partial charge on any atom is -0.481 e. The van der Waals surface area contributed by atoms with E-state index in [0.29, 0.717) is 17.8 Å². The molecular formula is C43H57N5O7S. The topological polar surface area (TPSA) is 158 Å². The number of benzene rings is 2. The number of thiazole rings is 1. The van der Waals surface area contributed by atoms with Gasteiger partial charge in [0, 0.05) is 37.4 Å². The molecule has 5 rings (SSSR count). The fraction of sp³-hybridized carbons (Fsp3) is 0.535. The smallest absolute Gasteiger partial charge is 0.311 e. The van der Waals surface area contributed by atoms with Crippen molar-refractivity contribution in [1.82, 2.24) is 25.4 Å². The van der Waals surface area contributed by atoms with Crippen LogP contribution in [0.4, 0.5) is 0 Å². The summed E-state index contributed by atoms with van der Waals surface area (Å²) in [6, 6.07) is 15.1. The number of carboxylic acids is 1. The minimum absolute atomic E-state index is 0.0995. The Labute approximate surface area is 334 Å². The van der Waals surface area contributed by atoms with E-state index in [1.807, 2.05) is 94.2 Å². The molecule has 0 bridgehead atoms. The maximum Gasteiger partial charge on any atom is 0.311 e. The van der Waals surface area contributed by atoms with Crippen LogP contribution < -0.4 is 10.6 Å². The van der Waals surface area contributed by atoms with Crippen molar-refractivity contribution in [2.75, 3.05) is 13.6 Å². The highest BCUT2D eigenvalue weighted by molar-refractivity contribution is 7.09. The molecule has 2 aliphatic rings. The van der Waals surface area contributed by atoms with Crippen molar-refractivity contribution in [2.24, 2.45) is 11.8 Å². The average Bonchev–Trinajstić information content (AvgIpc) is 3.68. The Morgan fingerprint density at radius 1 is 1.04 bits per heavy atom. The number of carbonyl (C=O) groups is 5. The summed E-state index contributed by atoms with van der Waals surface area (Å²) in [7, 11) is 1.95. The van der Waals surface area contributed by atoms with Gasteiger partial charge in [-0.05, 0) is 67.8 Å². The number of aromatic nitrogens is 1. The molecule has 1 aliphatic heterocycles. The van der Waals surface area contributed by atoms with E-state index in [1.54, 1.807) is 5.38 Å². The molecule has 0 spiro atoms. The number of hydrogen-bond donors (Lipinski definition) is 3. The van der Waals surface area contributed by atoms with Gasteiger partial charge in [-0.1, -0.05) is 95.1 Å². The summed E-state index contributed by atoms with van der Waals surface area (Å²) in [6.07, 6.45) is 3.48. The van der Waals surface area contributed by atoms with E-state index in [1.165, 1.54) is 18.3 Å². The van der Waals surface area contributed by atoms with Crippen molar-refractivity contribution < 1.29 is 33.8 Å². The van der Waals surface area contributed by atoms with Crippen molar-refractivity contribution in [3.05, 3.63) is 87.4 Å². The molecule has 0 radical (unpaired) electrons. The monoisotopic (exact) mass is 787 g/mol. The number of likely N-dealkylation sites (tertiary alicyclic amines) is 1. The minimum atomic E-state index is -0.939. The van der Waals surface area contributed by atoms with Gasteiger partial charge >= 0.3 is 11.9 Å². The second kappa shape index (κ2) is 19.5. The van der Waals surface area contributed by atoms with Crippen molar-refractivity contribution in [3.63, 3.8) is 0 Å². The molecule has 1 aromatic heterocycles. The third-order valence-electron chi connectivity index (χ3n) is 11.3. The van der Waals surface area contributed by atoms with Gasteiger partial charge in [-0.2, -0.15) is 0 Å².